The Morgan fingerprint density at radius 2 is 1.91 bits per heavy atom. The average molecular weight is 488 g/mol. The van der Waals surface area contributed by atoms with Crippen molar-refractivity contribution < 1.29 is 33.8 Å². The van der Waals surface area contributed by atoms with Crippen molar-refractivity contribution in [2.75, 3.05) is 13.7 Å². The molecule has 0 aromatic heterocycles. The van der Waals surface area contributed by atoms with Gasteiger partial charge in [0.2, 0.25) is 0 Å². The number of nitro benzene ring substituents is 1. The van der Waals surface area contributed by atoms with Crippen molar-refractivity contribution in [1.82, 2.24) is 0 Å². The number of aryl methyl sites for hydroxylation is 1. The highest BCUT2D eigenvalue weighted by Crippen LogP contribution is 2.47. The molecule has 9 nitrogen and oxygen atoms in total. The van der Waals surface area contributed by atoms with E-state index in [1.807, 2.05) is 13.8 Å². The fraction of sp³-hybridized carbons (Fsp3) is 0.500. The zero-order valence-corrected chi connectivity index (χ0v) is 21.0. The zero-order chi connectivity index (χ0) is 25.9. The molecule has 2 aromatic rings. The number of aliphatic hydroxyl groups is 1. The van der Waals surface area contributed by atoms with Gasteiger partial charge in [-0.15, -0.1) is 0 Å². The molecule has 0 bridgehead atoms. The van der Waals surface area contributed by atoms with Gasteiger partial charge in [-0.25, -0.2) is 4.79 Å². The molecular formula is C26H33NO8. The van der Waals surface area contributed by atoms with E-state index < -0.39 is 17.0 Å². The summed E-state index contributed by atoms with van der Waals surface area (Å²) in [5, 5.41) is 22.6. The Labute approximate surface area is 205 Å². The molecule has 35 heavy (non-hydrogen) atoms. The van der Waals surface area contributed by atoms with Gasteiger partial charge in [0, 0.05) is 11.1 Å². The van der Waals surface area contributed by atoms with E-state index in [0.29, 0.717) is 35.8 Å². The number of benzene rings is 2. The van der Waals surface area contributed by atoms with Crippen molar-refractivity contribution in [3.05, 3.63) is 50.6 Å². The highest BCUT2D eigenvalue weighted by atomic mass is 16.6. The predicted octanol–water partition coefficient (Wildman–Crippen LogP) is 5.88. The van der Waals surface area contributed by atoms with Crippen LogP contribution in [0.4, 0.5) is 5.69 Å². The molecule has 1 N–H and O–H groups in total. The first kappa shape index (κ1) is 26.3. The van der Waals surface area contributed by atoms with E-state index in [1.54, 1.807) is 19.1 Å². The second-order valence-corrected chi connectivity index (χ2v) is 9.52. The molecule has 9 heteroatoms. The number of methoxy groups -OCH3 is 1. The molecule has 0 radical (unpaired) electrons. The van der Waals surface area contributed by atoms with Crippen LogP contribution >= 0.6 is 0 Å². The van der Waals surface area contributed by atoms with Crippen LogP contribution in [0.3, 0.4) is 0 Å². The molecule has 0 aliphatic carbocycles. The quantitative estimate of drug-likeness (QED) is 0.265. The molecule has 0 amide bonds. The number of aliphatic hydroxyl groups excluding tert-OH is 1. The number of nitro groups is 1. The first-order chi connectivity index (χ1) is 16.5. The summed E-state index contributed by atoms with van der Waals surface area (Å²) in [5.41, 5.74) is 0.748. The Balaban J connectivity index is 2.17. The molecule has 3 rings (SSSR count). The van der Waals surface area contributed by atoms with Crippen molar-refractivity contribution in [3.63, 3.8) is 0 Å². The van der Waals surface area contributed by atoms with Crippen LogP contribution in [0, 0.1) is 28.9 Å². The smallest absolute Gasteiger partial charge is 0.346 e. The number of rotatable bonds is 9. The molecule has 0 unspecified atom stereocenters. The lowest BCUT2D eigenvalue weighted by Gasteiger charge is -2.24. The second kappa shape index (κ2) is 10.9. The maximum atomic E-state index is 13.1. The van der Waals surface area contributed by atoms with E-state index in [1.165, 1.54) is 13.2 Å². The van der Waals surface area contributed by atoms with Crippen LogP contribution in [0.5, 0.6) is 23.0 Å². The summed E-state index contributed by atoms with van der Waals surface area (Å²) in [4.78, 5) is 24.4. The molecule has 1 atom stereocenters. The van der Waals surface area contributed by atoms with Crippen LogP contribution in [0.15, 0.2) is 18.2 Å². The highest BCUT2D eigenvalue weighted by Gasteiger charge is 2.34. The number of cyclic esters (lactones) is 1. The summed E-state index contributed by atoms with van der Waals surface area (Å²) in [6.45, 7) is 9.71. The third-order valence-electron chi connectivity index (χ3n) is 5.81. The molecule has 0 saturated carbocycles. The summed E-state index contributed by atoms with van der Waals surface area (Å²) >= 11 is 0. The van der Waals surface area contributed by atoms with Gasteiger partial charge in [-0.1, -0.05) is 27.7 Å². The summed E-state index contributed by atoms with van der Waals surface area (Å²) in [6, 6.07) is 4.73. The molecule has 190 valence electrons. The van der Waals surface area contributed by atoms with Crippen LogP contribution in [-0.4, -0.2) is 29.7 Å². The molecule has 0 spiro atoms. The van der Waals surface area contributed by atoms with Crippen LogP contribution in [0.25, 0.3) is 0 Å². The molecule has 0 saturated heterocycles. The topological polar surface area (TPSA) is 117 Å². The zero-order valence-electron chi connectivity index (χ0n) is 21.0. The summed E-state index contributed by atoms with van der Waals surface area (Å²) in [5.74, 6) is 0.542. The van der Waals surface area contributed by atoms with Gasteiger partial charge in [-0.3, -0.25) is 10.1 Å². The Bertz CT molecular complexity index is 1110. The first-order valence-corrected chi connectivity index (χ1v) is 11.7. The number of ether oxygens (including phenoxy) is 4. The van der Waals surface area contributed by atoms with Crippen molar-refractivity contribution in [3.8, 4) is 23.0 Å². The Kier molecular flexibility index (Phi) is 8.22. The van der Waals surface area contributed by atoms with Crippen molar-refractivity contribution >= 4 is 11.7 Å². The van der Waals surface area contributed by atoms with Gasteiger partial charge >= 0.3 is 5.97 Å². The van der Waals surface area contributed by atoms with Gasteiger partial charge in [0.15, 0.2) is 11.5 Å². The van der Waals surface area contributed by atoms with Gasteiger partial charge in [0.05, 0.1) is 24.7 Å². The Morgan fingerprint density at radius 1 is 1.20 bits per heavy atom. The van der Waals surface area contributed by atoms with Crippen molar-refractivity contribution in [2.24, 2.45) is 11.8 Å². The van der Waals surface area contributed by atoms with Crippen LogP contribution < -0.4 is 14.2 Å². The van der Waals surface area contributed by atoms with E-state index in [-0.39, 0.29) is 46.6 Å². The molecule has 1 aliphatic rings. The maximum absolute atomic E-state index is 13.1. The van der Waals surface area contributed by atoms with Gasteiger partial charge in [-0.05, 0) is 49.8 Å². The van der Waals surface area contributed by atoms with E-state index >= 15 is 0 Å². The van der Waals surface area contributed by atoms with E-state index in [2.05, 4.69) is 13.8 Å². The number of esters is 1. The fourth-order valence-corrected chi connectivity index (χ4v) is 4.07. The van der Waals surface area contributed by atoms with Crippen LogP contribution in [0.1, 0.15) is 73.7 Å². The lowest BCUT2D eigenvalue weighted by Crippen LogP contribution is -2.16. The van der Waals surface area contributed by atoms with Gasteiger partial charge in [0.1, 0.15) is 29.2 Å². The molecule has 1 heterocycles. The maximum Gasteiger partial charge on any atom is 0.346 e. The lowest BCUT2D eigenvalue weighted by molar-refractivity contribution is -0.386. The number of nitrogens with zero attached hydrogens (tertiary/aromatic N) is 1. The van der Waals surface area contributed by atoms with E-state index in [9.17, 15) is 20.0 Å². The average Bonchev–Trinajstić information content (AvgIpc) is 2.76. The summed E-state index contributed by atoms with van der Waals surface area (Å²) < 4.78 is 23.1. The largest absolute Gasteiger partial charge is 0.495 e. The Morgan fingerprint density at radius 3 is 2.51 bits per heavy atom. The first-order valence-electron chi connectivity index (χ1n) is 11.7. The predicted molar refractivity (Wildman–Crippen MR) is 129 cm³/mol. The fourth-order valence-electron chi connectivity index (χ4n) is 4.07. The van der Waals surface area contributed by atoms with Crippen LogP contribution in [0.2, 0.25) is 0 Å². The lowest BCUT2D eigenvalue weighted by atomic mass is 9.96. The normalized spacial score (nSPS) is 13.8. The van der Waals surface area contributed by atoms with Crippen LogP contribution in [-0.2, 0) is 11.3 Å². The molecule has 2 aromatic carbocycles. The Hall–Kier alpha value is -3.33. The summed E-state index contributed by atoms with van der Waals surface area (Å²) in [7, 11) is 1.40. The minimum atomic E-state index is -0.862. The number of hydrogen-bond donors (Lipinski definition) is 1. The third kappa shape index (κ3) is 5.67. The standard InChI is InChI=1S/C26H33NO8/c1-14(2)9-10-33-21-12-16(5)23(27(30)31)18-13-34-26(29)22-20(35-24(18)21)8-7-17(25(22)32-6)19(28)11-15(3)4/h7-8,12,14-15,19,28H,9-11,13H2,1-6H3/t19-/m0/s1. The minimum Gasteiger partial charge on any atom is -0.495 e. The SMILES string of the molecule is COc1c([C@@H](O)CC(C)C)ccc2c1C(=O)OCc1c(c(OCCC(C)C)cc(C)c1[N+](=O)[O-])O2. The number of hydrogen-bond acceptors (Lipinski definition) is 8. The molecular weight excluding hydrogens is 454 g/mol. The third-order valence-corrected chi connectivity index (χ3v) is 5.81. The van der Waals surface area contributed by atoms with Crippen molar-refractivity contribution in [2.45, 2.75) is 60.2 Å². The van der Waals surface area contributed by atoms with Crippen molar-refractivity contribution in [1.29, 1.82) is 0 Å². The number of carbonyl (C=O) groups excluding carboxylic acids is 1. The van der Waals surface area contributed by atoms with E-state index in [0.717, 1.165) is 6.42 Å². The molecule has 1 aliphatic heterocycles. The van der Waals surface area contributed by atoms with Gasteiger partial charge in [0.25, 0.3) is 5.69 Å². The second-order valence-electron chi connectivity index (χ2n) is 9.52. The number of fused-ring (bicyclic) bond motifs is 2. The highest BCUT2D eigenvalue weighted by molar-refractivity contribution is 5.97. The van der Waals surface area contributed by atoms with Gasteiger partial charge < -0.3 is 24.1 Å². The monoisotopic (exact) mass is 487 g/mol. The van der Waals surface area contributed by atoms with Gasteiger partial charge in [-0.2, -0.15) is 0 Å². The van der Waals surface area contributed by atoms with E-state index in [4.69, 9.17) is 18.9 Å². The minimum absolute atomic E-state index is 0.00909. The molecule has 0 fully saturated rings. The summed E-state index contributed by atoms with van der Waals surface area (Å²) in [6.07, 6.45) is 0.383. The number of carbonyl (C=O) groups is 1.